The Kier molecular flexibility index (Phi) is 6.24. The monoisotopic (exact) mass is 445 g/mol. The summed E-state index contributed by atoms with van der Waals surface area (Å²) in [7, 11) is 0. The summed E-state index contributed by atoms with van der Waals surface area (Å²) in [5, 5.41) is 5.47. The minimum Gasteiger partial charge on any atom is -0.324 e. The van der Waals surface area contributed by atoms with E-state index < -0.39 is 0 Å². The first-order chi connectivity index (χ1) is 15.3. The van der Waals surface area contributed by atoms with E-state index in [0.29, 0.717) is 16.1 Å². The van der Waals surface area contributed by atoms with Crippen LogP contribution in [-0.4, -0.2) is 15.5 Å². The molecule has 1 amide bonds. The minimum atomic E-state index is -0.251. The lowest BCUT2D eigenvalue weighted by atomic mass is 9.99. The molecule has 2 aromatic heterocycles. The quantitative estimate of drug-likeness (QED) is 0.395. The van der Waals surface area contributed by atoms with Gasteiger partial charge in [0.2, 0.25) is 5.91 Å². The molecule has 0 aliphatic carbocycles. The van der Waals surface area contributed by atoms with Gasteiger partial charge in [0.25, 0.3) is 5.56 Å². The summed E-state index contributed by atoms with van der Waals surface area (Å²) >= 11 is 1.44. The minimum absolute atomic E-state index is 0.0875. The van der Waals surface area contributed by atoms with Crippen LogP contribution in [0, 0.1) is 0 Å². The number of thiophene rings is 1. The van der Waals surface area contributed by atoms with Gasteiger partial charge in [-0.05, 0) is 34.6 Å². The maximum absolute atomic E-state index is 13.3. The van der Waals surface area contributed by atoms with Crippen molar-refractivity contribution < 1.29 is 4.79 Å². The number of amides is 1. The smallest absolute Gasteiger partial charge is 0.263 e. The van der Waals surface area contributed by atoms with Crippen molar-refractivity contribution >= 4 is 33.1 Å². The molecule has 4 rings (SSSR count). The summed E-state index contributed by atoms with van der Waals surface area (Å²) < 4.78 is 1.38. The molecule has 0 saturated carbocycles. The Morgan fingerprint density at radius 3 is 2.44 bits per heavy atom. The molecule has 0 bridgehead atoms. The van der Waals surface area contributed by atoms with Crippen molar-refractivity contribution in [2.24, 2.45) is 0 Å². The SMILES string of the molecule is CC(C)c1ccc(-c2csc3ncn(CC(=O)Nc4ccccc4C(C)C)c(=O)c23)cc1. The average molecular weight is 446 g/mol. The number of anilines is 1. The predicted molar refractivity (Wildman–Crippen MR) is 133 cm³/mol. The van der Waals surface area contributed by atoms with Gasteiger partial charge in [-0.25, -0.2) is 4.98 Å². The highest BCUT2D eigenvalue weighted by Crippen LogP contribution is 2.31. The number of fused-ring (bicyclic) bond motifs is 1. The van der Waals surface area contributed by atoms with E-state index in [9.17, 15) is 9.59 Å². The van der Waals surface area contributed by atoms with Gasteiger partial charge in [0.05, 0.1) is 11.7 Å². The lowest BCUT2D eigenvalue weighted by Crippen LogP contribution is -2.28. The molecule has 0 saturated heterocycles. The third-order valence-corrected chi connectivity index (χ3v) is 6.51. The Morgan fingerprint density at radius 1 is 1.03 bits per heavy atom. The van der Waals surface area contributed by atoms with E-state index in [1.807, 2.05) is 41.8 Å². The Labute approximate surface area is 191 Å². The number of rotatable bonds is 6. The Morgan fingerprint density at radius 2 is 1.75 bits per heavy atom. The lowest BCUT2D eigenvalue weighted by molar-refractivity contribution is -0.116. The topological polar surface area (TPSA) is 64.0 Å². The zero-order valence-electron chi connectivity index (χ0n) is 18.8. The summed E-state index contributed by atoms with van der Waals surface area (Å²) in [6, 6.07) is 16.0. The van der Waals surface area contributed by atoms with Crippen LogP contribution < -0.4 is 10.9 Å². The van der Waals surface area contributed by atoms with Gasteiger partial charge in [-0.15, -0.1) is 11.3 Å². The molecule has 5 nitrogen and oxygen atoms in total. The molecule has 0 aliphatic rings. The molecule has 2 heterocycles. The number of benzene rings is 2. The number of carbonyl (C=O) groups excluding carboxylic acids is 1. The molecule has 6 heteroatoms. The van der Waals surface area contributed by atoms with E-state index in [1.54, 1.807) is 0 Å². The second-order valence-electron chi connectivity index (χ2n) is 8.57. The molecule has 4 aromatic rings. The first-order valence-electron chi connectivity index (χ1n) is 10.8. The number of hydrogen-bond acceptors (Lipinski definition) is 4. The van der Waals surface area contributed by atoms with E-state index in [2.05, 4.69) is 50.1 Å². The molecule has 1 N–H and O–H groups in total. The zero-order valence-corrected chi connectivity index (χ0v) is 19.6. The van der Waals surface area contributed by atoms with Crippen LogP contribution in [0.15, 0.2) is 65.0 Å². The van der Waals surface area contributed by atoms with Crippen molar-refractivity contribution in [2.75, 3.05) is 5.32 Å². The lowest BCUT2D eigenvalue weighted by Gasteiger charge is -2.14. The summed E-state index contributed by atoms with van der Waals surface area (Å²) in [4.78, 5) is 31.1. The van der Waals surface area contributed by atoms with Crippen molar-refractivity contribution in [3.05, 3.63) is 81.7 Å². The van der Waals surface area contributed by atoms with E-state index in [4.69, 9.17) is 0 Å². The number of para-hydroxylation sites is 1. The van der Waals surface area contributed by atoms with E-state index in [-0.39, 0.29) is 23.9 Å². The third-order valence-electron chi connectivity index (χ3n) is 5.62. The summed E-state index contributed by atoms with van der Waals surface area (Å²) in [6.45, 7) is 8.39. The first kappa shape index (κ1) is 22.0. The average Bonchev–Trinajstić information content (AvgIpc) is 3.21. The van der Waals surface area contributed by atoms with Crippen LogP contribution in [0.25, 0.3) is 21.3 Å². The van der Waals surface area contributed by atoms with Crippen LogP contribution in [-0.2, 0) is 11.3 Å². The second kappa shape index (κ2) is 9.09. The standard InChI is InChI=1S/C26H27N3O2S/c1-16(2)18-9-11-19(12-10-18)21-14-32-25-24(21)26(31)29(15-27-25)13-23(30)28-22-8-6-5-7-20(22)17(3)4/h5-12,14-17H,13H2,1-4H3,(H,28,30). The van der Waals surface area contributed by atoms with Gasteiger partial charge in [0.1, 0.15) is 11.4 Å². The highest BCUT2D eigenvalue weighted by Gasteiger charge is 2.16. The highest BCUT2D eigenvalue weighted by atomic mass is 32.1. The van der Waals surface area contributed by atoms with Crippen LogP contribution in [0.3, 0.4) is 0 Å². The van der Waals surface area contributed by atoms with Gasteiger partial charge in [0.15, 0.2) is 0 Å². The van der Waals surface area contributed by atoms with Crippen LogP contribution in [0.1, 0.15) is 50.7 Å². The van der Waals surface area contributed by atoms with Crippen LogP contribution in [0.2, 0.25) is 0 Å². The van der Waals surface area contributed by atoms with Gasteiger partial charge in [0, 0.05) is 16.6 Å². The maximum Gasteiger partial charge on any atom is 0.263 e. The molecule has 0 radical (unpaired) electrons. The summed E-state index contributed by atoms with van der Waals surface area (Å²) in [5.41, 5.74) is 4.72. The van der Waals surface area contributed by atoms with Crippen LogP contribution in [0.5, 0.6) is 0 Å². The van der Waals surface area contributed by atoms with E-state index in [0.717, 1.165) is 22.4 Å². The third kappa shape index (κ3) is 4.36. The second-order valence-corrected chi connectivity index (χ2v) is 9.43. The number of nitrogens with one attached hydrogen (secondary N) is 1. The van der Waals surface area contributed by atoms with Crippen molar-refractivity contribution in [3.63, 3.8) is 0 Å². The molecular weight excluding hydrogens is 418 g/mol. The molecule has 32 heavy (non-hydrogen) atoms. The molecule has 0 unspecified atom stereocenters. The molecule has 0 aliphatic heterocycles. The first-order valence-corrected chi connectivity index (χ1v) is 11.7. The fourth-order valence-electron chi connectivity index (χ4n) is 3.80. The number of nitrogens with zero attached hydrogens (tertiary/aromatic N) is 2. The van der Waals surface area contributed by atoms with E-state index in [1.165, 1.54) is 27.8 Å². The van der Waals surface area contributed by atoms with Crippen molar-refractivity contribution in [1.29, 1.82) is 0 Å². The van der Waals surface area contributed by atoms with Crippen molar-refractivity contribution in [3.8, 4) is 11.1 Å². The van der Waals surface area contributed by atoms with Crippen molar-refractivity contribution in [1.82, 2.24) is 9.55 Å². The fourth-order valence-corrected chi connectivity index (χ4v) is 4.71. The van der Waals surface area contributed by atoms with Gasteiger partial charge < -0.3 is 5.32 Å². The summed E-state index contributed by atoms with van der Waals surface area (Å²) in [6.07, 6.45) is 1.46. The number of carbonyl (C=O) groups is 1. The number of hydrogen-bond donors (Lipinski definition) is 1. The fraction of sp³-hybridized carbons (Fsp3) is 0.269. The maximum atomic E-state index is 13.3. The van der Waals surface area contributed by atoms with Gasteiger partial charge in [-0.2, -0.15) is 0 Å². The van der Waals surface area contributed by atoms with Crippen LogP contribution >= 0.6 is 11.3 Å². The van der Waals surface area contributed by atoms with Gasteiger partial charge in [-0.3, -0.25) is 14.2 Å². The molecule has 164 valence electrons. The predicted octanol–water partition coefficient (Wildman–Crippen LogP) is 6.01. The molecule has 2 aromatic carbocycles. The number of aromatic nitrogens is 2. The largest absolute Gasteiger partial charge is 0.324 e. The molecule has 0 spiro atoms. The van der Waals surface area contributed by atoms with Gasteiger partial charge >= 0.3 is 0 Å². The Bertz CT molecular complexity index is 1320. The molecule has 0 fully saturated rings. The molecule has 0 atom stereocenters. The van der Waals surface area contributed by atoms with Gasteiger partial charge in [-0.1, -0.05) is 70.2 Å². The van der Waals surface area contributed by atoms with Crippen LogP contribution in [0.4, 0.5) is 5.69 Å². The van der Waals surface area contributed by atoms with Crippen molar-refractivity contribution in [2.45, 2.75) is 46.1 Å². The normalized spacial score (nSPS) is 11.4. The molecular formula is C26H27N3O2S. The summed E-state index contributed by atoms with van der Waals surface area (Å²) in [5.74, 6) is 0.476. The Balaban J connectivity index is 1.63. The zero-order chi connectivity index (χ0) is 22.8. The Hall–Kier alpha value is -3.25. The highest BCUT2D eigenvalue weighted by molar-refractivity contribution is 7.17. The van der Waals surface area contributed by atoms with E-state index >= 15 is 0 Å².